The Balaban J connectivity index is 1.44. The standard InChI is InChI=1S/C22H24N2O5/c25-13-18-11-19-12-20(18)24(22(27)29-15-17-9-5-2-6-10-17)23(19)21(26)28-14-16-7-3-1-4-8-16/h1-10,18-20,25H,11-15H2/t18-,19+,20+/m1/s1. The molecule has 2 amide bonds. The fraction of sp³-hybridized carbons (Fsp3) is 0.364. The zero-order chi connectivity index (χ0) is 20.2. The molecule has 1 aliphatic carbocycles. The lowest BCUT2D eigenvalue weighted by molar-refractivity contribution is -0.0635. The molecule has 4 rings (SSSR count). The van der Waals surface area contributed by atoms with Crippen LogP contribution in [0.15, 0.2) is 60.7 Å². The van der Waals surface area contributed by atoms with Crippen LogP contribution in [0.1, 0.15) is 24.0 Å². The van der Waals surface area contributed by atoms with E-state index in [1.165, 1.54) is 10.0 Å². The van der Waals surface area contributed by atoms with Gasteiger partial charge in [-0.1, -0.05) is 60.7 Å². The van der Waals surface area contributed by atoms with Crippen molar-refractivity contribution in [2.24, 2.45) is 5.92 Å². The number of benzene rings is 2. The number of ether oxygens (including phenoxy) is 2. The number of hydrogen-bond acceptors (Lipinski definition) is 5. The third-order valence-electron chi connectivity index (χ3n) is 5.54. The number of rotatable bonds is 5. The molecule has 7 heteroatoms. The van der Waals surface area contributed by atoms with Crippen LogP contribution in [-0.2, 0) is 22.7 Å². The second kappa shape index (κ2) is 8.53. The molecule has 29 heavy (non-hydrogen) atoms. The Morgan fingerprint density at radius 3 is 1.86 bits per heavy atom. The number of carbonyl (C=O) groups excluding carboxylic acids is 2. The molecule has 2 aromatic rings. The van der Waals surface area contributed by atoms with Crippen LogP contribution in [0.25, 0.3) is 0 Å². The second-order valence-electron chi connectivity index (χ2n) is 7.40. The predicted molar refractivity (Wildman–Crippen MR) is 104 cm³/mol. The van der Waals surface area contributed by atoms with Crippen LogP contribution < -0.4 is 0 Å². The summed E-state index contributed by atoms with van der Waals surface area (Å²) in [5, 5.41) is 12.4. The zero-order valence-corrected chi connectivity index (χ0v) is 16.0. The second-order valence-corrected chi connectivity index (χ2v) is 7.40. The minimum absolute atomic E-state index is 0.0312. The maximum absolute atomic E-state index is 12.8. The van der Waals surface area contributed by atoms with Gasteiger partial charge in [0.15, 0.2) is 0 Å². The monoisotopic (exact) mass is 396 g/mol. The van der Waals surface area contributed by atoms with Gasteiger partial charge in [-0.2, -0.15) is 0 Å². The molecule has 0 unspecified atom stereocenters. The topological polar surface area (TPSA) is 79.3 Å². The quantitative estimate of drug-likeness (QED) is 0.839. The van der Waals surface area contributed by atoms with Gasteiger partial charge in [0.25, 0.3) is 0 Å². The van der Waals surface area contributed by atoms with E-state index in [1.54, 1.807) is 0 Å². The van der Waals surface area contributed by atoms with E-state index in [0.29, 0.717) is 12.8 Å². The lowest BCUT2D eigenvalue weighted by atomic mass is 10.0. The maximum Gasteiger partial charge on any atom is 0.429 e. The molecule has 0 spiro atoms. The van der Waals surface area contributed by atoms with Crippen LogP contribution in [0.5, 0.6) is 0 Å². The van der Waals surface area contributed by atoms with Gasteiger partial charge in [0.05, 0.1) is 12.1 Å². The highest BCUT2D eigenvalue weighted by molar-refractivity contribution is 5.76. The van der Waals surface area contributed by atoms with E-state index in [9.17, 15) is 14.7 Å². The average Bonchev–Trinajstić information content (AvgIpc) is 3.36. The molecule has 0 radical (unpaired) electrons. The van der Waals surface area contributed by atoms with Gasteiger partial charge in [-0.25, -0.2) is 19.6 Å². The maximum atomic E-state index is 12.8. The first-order valence-corrected chi connectivity index (χ1v) is 9.78. The molecule has 1 saturated carbocycles. The van der Waals surface area contributed by atoms with Gasteiger partial charge in [0, 0.05) is 12.5 Å². The van der Waals surface area contributed by atoms with Gasteiger partial charge in [-0.15, -0.1) is 0 Å². The van der Waals surface area contributed by atoms with Gasteiger partial charge in [-0.3, -0.25) is 0 Å². The molecule has 1 N–H and O–H groups in total. The van der Waals surface area contributed by atoms with E-state index < -0.39 is 12.2 Å². The number of aliphatic hydroxyl groups is 1. The lowest BCUT2D eigenvalue weighted by Gasteiger charge is -2.39. The minimum Gasteiger partial charge on any atom is -0.443 e. The van der Waals surface area contributed by atoms with Crippen LogP contribution in [-0.4, -0.2) is 46.0 Å². The molecule has 1 saturated heterocycles. The number of hydrogen-bond donors (Lipinski definition) is 1. The first kappa shape index (κ1) is 19.3. The summed E-state index contributed by atoms with van der Waals surface area (Å²) in [6, 6.07) is 18.3. The molecular formula is C22H24N2O5. The fourth-order valence-electron chi connectivity index (χ4n) is 4.14. The van der Waals surface area contributed by atoms with Gasteiger partial charge >= 0.3 is 12.2 Å². The molecule has 2 aromatic carbocycles. The van der Waals surface area contributed by atoms with Crippen molar-refractivity contribution in [2.75, 3.05) is 6.61 Å². The van der Waals surface area contributed by atoms with Crippen molar-refractivity contribution in [1.82, 2.24) is 10.0 Å². The van der Waals surface area contributed by atoms with E-state index in [4.69, 9.17) is 9.47 Å². The number of fused-ring (bicyclic) bond motifs is 2. The smallest absolute Gasteiger partial charge is 0.429 e. The fourth-order valence-corrected chi connectivity index (χ4v) is 4.14. The average molecular weight is 396 g/mol. The summed E-state index contributed by atoms with van der Waals surface area (Å²) in [5.41, 5.74) is 1.73. The van der Waals surface area contributed by atoms with Crippen molar-refractivity contribution < 1.29 is 24.2 Å². The van der Waals surface area contributed by atoms with Gasteiger partial charge in [-0.05, 0) is 24.0 Å². The van der Waals surface area contributed by atoms with Crippen molar-refractivity contribution in [2.45, 2.75) is 38.1 Å². The van der Waals surface area contributed by atoms with Crippen molar-refractivity contribution in [3.63, 3.8) is 0 Å². The van der Waals surface area contributed by atoms with E-state index in [2.05, 4.69) is 0 Å². The Hall–Kier alpha value is -3.06. The molecule has 152 valence electrons. The summed E-state index contributed by atoms with van der Waals surface area (Å²) < 4.78 is 10.9. The number of aliphatic hydroxyl groups excluding tert-OH is 1. The highest BCUT2D eigenvalue weighted by Gasteiger charge is 2.55. The van der Waals surface area contributed by atoms with Crippen molar-refractivity contribution >= 4 is 12.2 Å². The first-order chi connectivity index (χ1) is 14.2. The molecule has 3 atom stereocenters. The first-order valence-electron chi connectivity index (χ1n) is 9.78. The van der Waals surface area contributed by atoms with E-state index in [0.717, 1.165) is 11.1 Å². The van der Waals surface area contributed by atoms with Crippen molar-refractivity contribution in [3.8, 4) is 0 Å². The highest BCUT2D eigenvalue weighted by Crippen LogP contribution is 2.42. The summed E-state index contributed by atoms with van der Waals surface area (Å²) in [4.78, 5) is 25.6. The van der Waals surface area contributed by atoms with Crippen LogP contribution in [0.2, 0.25) is 0 Å². The third-order valence-corrected chi connectivity index (χ3v) is 5.54. The Kier molecular flexibility index (Phi) is 5.67. The summed E-state index contributed by atoms with van der Waals surface area (Å²) in [6.45, 7) is 0.213. The normalized spacial score (nSPS) is 22.6. The van der Waals surface area contributed by atoms with E-state index in [-0.39, 0.29) is 37.8 Å². The Morgan fingerprint density at radius 2 is 1.34 bits per heavy atom. The Morgan fingerprint density at radius 1 is 0.828 bits per heavy atom. The summed E-state index contributed by atoms with van der Waals surface area (Å²) in [6.07, 6.45) is 0.0847. The molecule has 7 nitrogen and oxygen atoms in total. The van der Waals surface area contributed by atoms with Crippen LogP contribution in [0.3, 0.4) is 0 Å². The third kappa shape index (κ3) is 4.05. The summed E-state index contributed by atoms with van der Waals surface area (Å²) in [7, 11) is 0. The van der Waals surface area contributed by atoms with E-state index in [1.807, 2.05) is 60.7 Å². The zero-order valence-electron chi connectivity index (χ0n) is 16.0. The van der Waals surface area contributed by atoms with Gasteiger partial charge in [0.2, 0.25) is 0 Å². The SMILES string of the molecule is O=C(OCc1ccccc1)N1[C@H]2C[C@H](CO)[C@H](C2)N1C(=O)OCc1ccccc1. The molecule has 2 aliphatic rings. The van der Waals surface area contributed by atoms with E-state index >= 15 is 0 Å². The van der Waals surface area contributed by atoms with Crippen molar-refractivity contribution in [3.05, 3.63) is 71.8 Å². The number of nitrogens with zero attached hydrogens (tertiary/aromatic N) is 2. The van der Waals surface area contributed by atoms with Crippen molar-refractivity contribution in [1.29, 1.82) is 0 Å². The molecular weight excluding hydrogens is 372 g/mol. The highest BCUT2D eigenvalue weighted by atomic mass is 16.6. The summed E-state index contributed by atoms with van der Waals surface area (Å²) >= 11 is 0. The Labute approximate surface area is 169 Å². The van der Waals surface area contributed by atoms with Crippen LogP contribution >= 0.6 is 0 Å². The number of carbonyl (C=O) groups is 2. The largest absolute Gasteiger partial charge is 0.443 e. The predicted octanol–water partition coefficient (Wildman–Crippen LogP) is 3.33. The van der Waals surface area contributed by atoms with Crippen LogP contribution in [0, 0.1) is 5.92 Å². The molecule has 1 heterocycles. The Bertz CT molecular complexity index is 845. The van der Waals surface area contributed by atoms with Crippen LogP contribution in [0.4, 0.5) is 9.59 Å². The van der Waals surface area contributed by atoms with Gasteiger partial charge in [0.1, 0.15) is 13.2 Å². The molecule has 1 aliphatic heterocycles. The van der Waals surface area contributed by atoms with Gasteiger partial charge < -0.3 is 14.6 Å². The number of amides is 2. The molecule has 2 fully saturated rings. The minimum atomic E-state index is -0.601. The summed E-state index contributed by atoms with van der Waals surface area (Å²) in [5.74, 6) is -0.0672. The molecule has 2 bridgehead atoms. The molecule has 0 aromatic heterocycles. The lowest BCUT2D eigenvalue weighted by Crippen LogP contribution is -2.56. The number of hydrazine groups is 1.